The second-order valence-electron chi connectivity index (χ2n) is 5.47. The van der Waals surface area contributed by atoms with E-state index in [4.69, 9.17) is 0 Å². The molecule has 0 atom stereocenters. The Bertz CT molecular complexity index is 861. The van der Waals surface area contributed by atoms with Crippen molar-refractivity contribution in [1.29, 1.82) is 0 Å². The Labute approximate surface area is 145 Å². The van der Waals surface area contributed by atoms with Gasteiger partial charge in [-0.3, -0.25) is 0 Å². The topological polar surface area (TPSA) is 76.1 Å². The van der Waals surface area contributed by atoms with Gasteiger partial charge < -0.3 is 15.4 Å². The summed E-state index contributed by atoms with van der Waals surface area (Å²) in [4.78, 5) is 19.9. The highest BCUT2D eigenvalue weighted by molar-refractivity contribution is 5.89. The van der Waals surface area contributed by atoms with Gasteiger partial charge in [-0.1, -0.05) is 17.7 Å². The molecular weight excluding hydrogens is 316 g/mol. The van der Waals surface area contributed by atoms with Crippen LogP contribution in [0.3, 0.4) is 0 Å². The first kappa shape index (κ1) is 16.4. The normalized spacial score (nSPS) is 10.2. The van der Waals surface area contributed by atoms with Crippen LogP contribution >= 0.6 is 0 Å². The number of aromatic nitrogens is 2. The van der Waals surface area contributed by atoms with E-state index >= 15 is 0 Å². The molecule has 0 saturated heterocycles. The molecule has 0 aliphatic rings. The van der Waals surface area contributed by atoms with Gasteiger partial charge in [0.2, 0.25) is 0 Å². The molecular formula is C19H18N4O2. The quantitative estimate of drug-likeness (QED) is 0.685. The van der Waals surface area contributed by atoms with Crippen molar-refractivity contribution in [3.8, 4) is 0 Å². The van der Waals surface area contributed by atoms with Crippen LogP contribution in [0.4, 0.5) is 23.0 Å². The van der Waals surface area contributed by atoms with Gasteiger partial charge in [0.15, 0.2) is 0 Å². The van der Waals surface area contributed by atoms with Crippen molar-refractivity contribution in [3.63, 3.8) is 0 Å². The summed E-state index contributed by atoms with van der Waals surface area (Å²) in [7, 11) is 1.36. The van der Waals surface area contributed by atoms with Crippen molar-refractivity contribution in [2.24, 2.45) is 0 Å². The van der Waals surface area contributed by atoms with E-state index in [0.29, 0.717) is 17.2 Å². The molecule has 126 valence electrons. The average molecular weight is 334 g/mol. The zero-order valence-corrected chi connectivity index (χ0v) is 14.0. The first-order valence-corrected chi connectivity index (χ1v) is 7.75. The van der Waals surface area contributed by atoms with Crippen LogP contribution in [0.25, 0.3) is 0 Å². The fraction of sp³-hybridized carbons (Fsp3) is 0.105. The third-order valence-corrected chi connectivity index (χ3v) is 3.57. The van der Waals surface area contributed by atoms with Gasteiger partial charge in [-0.25, -0.2) is 14.8 Å². The number of anilines is 4. The molecule has 2 N–H and O–H groups in total. The lowest BCUT2D eigenvalue weighted by Crippen LogP contribution is -2.01. The predicted octanol–water partition coefficient (Wildman–Crippen LogP) is 4.06. The highest BCUT2D eigenvalue weighted by atomic mass is 16.5. The highest BCUT2D eigenvalue weighted by Gasteiger charge is 2.05. The maximum absolute atomic E-state index is 11.5. The smallest absolute Gasteiger partial charge is 0.337 e. The van der Waals surface area contributed by atoms with Crippen molar-refractivity contribution >= 4 is 29.0 Å². The number of esters is 1. The van der Waals surface area contributed by atoms with Gasteiger partial charge in [-0.15, -0.1) is 0 Å². The van der Waals surface area contributed by atoms with Crippen molar-refractivity contribution in [3.05, 3.63) is 72.1 Å². The molecule has 2 aromatic carbocycles. The van der Waals surface area contributed by atoms with Gasteiger partial charge in [0.1, 0.15) is 18.0 Å². The number of methoxy groups -OCH3 is 1. The lowest BCUT2D eigenvalue weighted by Gasteiger charge is -2.09. The Kier molecular flexibility index (Phi) is 4.89. The van der Waals surface area contributed by atoms with Crippen LogP contribution in [0.5, 0.6) is 0 Å². The minimum Gasteiger partial charge on any atom is -0.465 e. The van der Waals surface area contributed by atoms with E-state index in [1.54, 1.807) is 24.3 Å². The zero-order valence-electron chi connectivity index (χ0n) is 14.0. The lowest BCUT2D eigenvalue weighted by molar-refractivity contribution is 0.0601. The molecule has 3 rings (SSSR count). The van der Waals surface area contributed by atoms with Crippen LogP contribution in [-0.4, -0.2) is 23.0 Å². The molecule has 0 unspecified atom stereocenters. The third kappa shape index (κ3) is 4.32. The van der Waals surface area contributed by atoms with Gasteiger partial charge in [0, 0.05) is 17.4 Å². The number of benzene rings is 2. The number of rotatable bonds is 5. The second kappa shape index (κ2) is 7.44. The van der Waals surface area contributed by atoms with Crippen molar-refractivity contribution < 1.29 is 9.53 Å². The Morgan fingerprint density at radius 3 is 1.92 bits per heavy atom. The minimum absolute atomic E-state index is 0.363. The average Bonchev–Trinajstić information content (AvgIpc) is 2.64. The molecule has 0 aliphatic carbocycles. The molecule has 1 aromatic heterocycles. The monoisotopic (exact) mass is 334 g/mol. The molecule has 0 bridgehead atoms. The van der Waals surface area contributed by atoms with Crippen molar-refractivity contribution in [1.82, 2.24) is 9.97 Å². The number of aryl methyl sites for hydroxylation is 1. The van der Waals surface area contributed by atoms with Gasteiger partial charge in [0.05, 0.1) is 12.7 Å². The van der Waals surface area contributed by atoms with Crippen LogP contribution in [0, 0.1) is 6.92 Å². The Morgan fingerprint density at radius 2 is 1.40 bits per heavy atom. The van der Waals surface area contributed by atoms with Gasteiger partial charge >= 0.3 is 5.97 Å². The first-order valence-electron chi connectivity index (χ1n) is 7.75. The summed E-state index contributed by atoms with van der Waals surface area (Å²) in [5.41, 5.74) is 3.47. The fourth-order valence-corrected chi connectivity index (χ4v) is 2.23. The Hall–Kier alpha value is -3.41. The Balaban J connectivity index is 1.71. The lowest BCUT2D eigenvalue weighted by atomic mass is 10.2. The van der Waals surface area contributed by atoms with E-state index in [1.165, 1.54) is 19.0 Å². The summed E-state index contributed by atoms with van der Waals surface area (Å²) in [6.45, 7) is 2.04. The number of hydrogen-bond acceptors (Lipinski definition) is 6. The van der Waals surface area contributed by atoms with Crippen molar-refractivity contribution in [2.45, 2.75) is 6.92 Å². The molecule has 0 saturated carbocycles. The van der Waals surface area contributed by atoms with Gasteiger partial charge in [0.25, 0.3) is 0 Å². The molecule has 0 fully saturated rings. The molecule has 1 heterocycles. The number of nitrogens with zero attached hydrogens (tertiary/aromatic N) is 2. The minimum atomic E-state index is -0.363. The summed E-state index contributed by atoms with van der Waals surface area (Å²) < 4.78 is 4.69. The maximum Gasteiger partial charge on any atom is 0.337 e. The zero-order chi connectivity index (χ0) is 17.6. The molecule has 0 amide bonds. The summed E-state index contributed by atoms with van der Waals surface area (Å²) in [5.74, 6) is 0.973. The van der Waals surface area contributed by atoms with E-state index in [9.17, 15) is 4.79 Å². The molecule has 25 heavy (non-hydrogen) atoms. The second-order valence-corrected chi connectivity index (χ2v) is 5.47. The van der Waals surface area contributed by atoms with E-state index in [0.717, 1.165) is 11.4 Å². The first-order chi connectivity index (χ1) is 12.1. The highest BCUT2D eigenvalue weighted by Crippen LogP contribution is 2.20. The van der Waals surface area contributed by atoms with E-state index < -0.39 is 0 Å². The molecule has 6 nitrogen and oxygen atoms in total. The van der Waals surface area contributed by atoms with Crippen LogP contribution in [0.15, 0.2) is 60.9 Å². The van der Waals surface area contributed by atoms with Gasteiger partial charge in [-0.2, -0.15) is 0 Å². The van der Waals surface area contributed by atoms with Crippen LogP contribution in [0.2, 0.25) is 0 Å². The molecule has 0 radical (unpaired) electrons. The summed E-state index contributed by atoms with van der Waals surface area (Å²) in [5, 5.41) is 6.42. The standard InChI is InChI=1S/C19H18N4O2/c1-13-3-7-15(8-4-13)22-17-11-18(21-12-20-17)23-16-9-5-14(6-10-16)19(24)25-2/h3-12H,1-2H3,(H2,20,21,22,23). The Morgan fingerprint density at radius 1 is 0.880 bits per heavy atom. The molecule has 3 aromatic rings. The van der Waals surface area contributed by atoms with E-state index in [-0.39, 0.29) is 5.97 Å². The van der Waals surface area contributed by atoms with Crippen LogP contribution in [0.1, 0.15) is 15.9 Å². The summed E-state index contributed by atoms with van der Waals surface area (Å²) >= 11 is 0. The molecule has 6 heteroatoms. The van der Waals surface area contributed by atoms with Gasteiger partial charge in [-0.05, 0) is 43.3 Å². The maximum atomic E-state index is 11.5. The van der Waals surface area contributed by atoms with Crippen molar-refractivity contribution in [2.75, 3.05) is 17.7 Å². The third-order valence-electron chi connectivity index (χ3n) is 3.57. The van der Waals surface area contributed by atoms with E-state index in [1.807, 2.05) is 37.3 Å². The number of carbonyl (C=O) groups excluding carboxylic acids is 1. The summed E-state index contributed by atoms with van der Waals surface area (Å²) in [6.07, 6.45) is 1.49. The van der Waals surface area contributed by atoms with Crippen LogP contribution in [-0.2, 0) is 4.74 Å². The number of hydrogen-bond donors (Lipinski definition) is 2. The number of nitrogens with one attached hydrogen (secondary N) is 2. The number of ether oxygens (including phenoxy) is 1. The predicted molar refractivity (Wildman–Crippen MR) is 97.6 cm³/mol. The SMILES string of the molecule is COC(=O)c1ccc(Nc2cc(Nc3ccc(C)cc3)ncn2)cc1. The fourth-order valence-electron chi connectivity index (χ4n) is 2.23. The molecule has 0 aliphatic heterocycles. The molecule has 0 spiro atoms. The largest absolute Gasteiger partial charge is 0.465 e. The van der Waals surface area contributed by atoms with E-state index in [2.05, 4.69) is 25.3 Å². The number of carbonyl (C=O) groups is 1. The summed E-state index contributed by atoms with van der Waals surface area (Å²) in [6, 6.07) is 16.8. The van der Waals surface area contributed by atoms with Crippen LogP contribution < -0.4 is 10.6 Å².